The highest BCUT2D eigenvalue weighted by Crippen LogP contribution is 2.63. The number of hydrogen-bond donors (Lipinski definition) is 3. The number of aliphatic hydroxyl groups excluding tert-OH is 1. The lowest BCUT2D eigenvalue weighted by Crippen LogP contribution is -2.49. The maximum Gasteiger partial charge on any atom is 0.357 e. The molecule has 26 heavy (non-hydrogen) atoms. The average molecular weight is 378 g/mol. The van der Waals surface area contributed by atoms with E-state index in [1.165, 1.54) is 5.56 Å². The van der Waals surface area contributed by atoms with Crippen LogP contribution in [0.2, 0.25) is 0 Å². The van der Waals surface area contributed by atoms with E-state index >= 15 is 0 Å². The van der Waals surface area contributed by atoms with Crippen LogP contribution in [-0.2, 0) is 22.1 Å². The maximum absolute atomic E-state index is 11.1. The van der Waals surface area contributed by atoms with Crippen LogP contribution < -0.4 is 4.72 Å². The summed E-state index contributed by atoms with van der Waals surface area (Å²) in [6.45, 7) is 6.51. The monoisotopic (exact) mass is 377 g/mol. The fourth-order valence-electron chi connectivity index (χ4n) is 6.26. The highest BCUT2D eigenvalue weighted by atomic mass is 32.2. The molecule has 2 fully saturated rings. The molecule has 3 aliphatic rings. The molecule has 3 N–H and O–H groups in total. The SMILES string of the molecule is C=C[C@]12CC[C@]3(C)C[C@H](O)C[C@H]3[C@@H]1CCc1cc(NS(=O)(=O)O)ccc12. The van der Waals surface area contributed by atoms with Crippen molar-refractivity contribution in [2.75, 3.05) is 4.72 Å². The number of benzene rings is 1. The van der Waals surface area contributed by atoms with Gasteiger partial charge in [0.15, 0.2) is 0 Å². The van der Waals surface area contributed by atoms with Gasteiger partial charge < -0.3 is 5.11 Å². The fraction of sp³-hybridized carbons (Fsp3) is 0.600. The Labute approximate surface area is 155 Å². The number of rotatable bonds is 3. The number of aryl methyl sites for hydroxylation is 1. The first-order valence-corrected chi connectivity index (χ1v) is 10.8. The Kier molecular flexibility index (Phi) is 4.03. The molecular weight excluding hydrogens is 350 g/mol. The Morgan fingerprint density at radius 3 is 2.77 bits per heavy atom. The van der Waals surface area contributed by atoms with Crippen LogP contribution >= 0.6 is 0 Å². The molecule has 0 radical (unpaired) electrons. The normalized spacial score (nSPS) is 38.8. The first-order valence-electron chi connectivity index (χ1n) is 9.37. The molecule has 0 saturated heterocycles. The van der Waals surface area contributed by atoms with E-state index in [0.717, 1.165) is 44.1 Å². The van der Waals surface area contributed by atoms with Crippen molar-refractivity contribution in [3.63, 3.8) is 0 Å². The van der Waals surface area contributed by atoms with Crippen molar-refractivity contribution < 1.29 is 18.1 Å². The fourth-order valence-corrected chi connectivity index (χ4v) is 6.68. The number of fused-ring (bicyclic) bond motifs is 5. The topological polar surface area (TPSA) is 86.6 Å². The Bertz CT molecular complexity index is 851. The zero-order valence-electron chi connectivity index (χ0n) is 15.1. The smallest absolute Gasteiger partial charge is 0.357 e. The van der Waals surface area contributed by atoms with Crippen molar-refractivity contribution in [2.45, 2.75) is 57.0 Å². The van der Waals surface area contributed by atoms with Crippen LogP contribution in [0.25, 0.3) is 0 Å². The summed E-state index contributed by atoms with van der Waals surface area (Å²) in [4.78, 5) is 0. The minimum absolute atomic E-state index is 0.113. The number of anilines is 1. The quantitative estimate of drug-likeness (QED) is 0.556. The molecular formula is C20H27NO4S. The number of hydrogen-bond acceptors (Lipinski definition) is 3. The van der Waals surface area contributed by atoms with E-state index in [-0.39, 0.29) is 16.9 Å². The Hall–Kier alpha value is -1.37. The van der Waals surface area contributed by atoms with Crippen LogP contribution in [0.1, 0.15) is 50.2 Å². The summed E-state index contributed by atoms with van der Waals surface area (Å²) in [6.07, 6.45) is 7.63. The third kappa shape index (κ3) is 2.70. The molecule has 4 rings (SSSR count). The molecule has 3 aliphatic carbocycles. The van der Waals surface area contributed by atoms with E-state index in [4.69, 9.17) is 4.55 Å². The molecule has 0 amide bonds. The molecule has 0 bridgehead atoms. The van der Waals surface area contributed by atoms with E-state index < -0.39 is 10.3 Å². The van der Waals surface area contributed by atoms with E-state index in [2.05, 4.69) is 24.3 Å². The largest absolute Gasteiger partial charge is 0.393 e. The lowest BCUT2D eigenvalue weighted by molar-refractivity contribution is 0.0277. The molecule has 0 spiro atoms. The summed E-state index contributed by atoms with van der Waals surface area (Å²) in [7, 11) is -4.27. The van der Waals surface area contributed by atoms with Gasteiger partial charge in [-0.3, -0.25) is 9.27 Å². The highest BCUT2D eigenvalue weighted by molar-refractivity contribution is 7.87. The van der Waals surface area contributed by atoms with Gasteiger partial charge in [0.2, 0.25) is 0 Å². The first kappa shape index (κ1) is 18.0. The van der Waals surface area contributed by atoms with E-state index in [1.54, 1.807) is 6.07 Å². The zero-order chi connectivity index (χ0) is 18.7. The molecule has 0 aliphatic heterocycles. The van der Waals surface area contributed by atoms with E-state index in [9.17, 15) is 13.5 Å². The third-order valence-electron chi connectivity index (χ3n) is 7.32. The maximum atomic E-state index is 11.1. The average Bonchev–Trinajstić information content (AvgIpc) is 2.86. The second-order valence-corrected chi connectivity index (χ2v) is 9.85. The van der Waals surface area contributed by atoms with Gasteiger partial charge in [-0.1, -0.05) is 19.1 Å². The van der Waals surface area contributed by atoms with Gasteiger partial charge in [0, 0.05) is 5.41 Å². The number of aliphatic hydroxyl groups is 1. The highest BCUT2D eigenvalue weighted by Gasteiger charge is 2.57. The summed E-state index contributed by atoms with van der Waals surface area (Å²) in [6, 6.07) is 5.55. The molecule has 0 aromatic heterocycles. The van der Waals surface area contributed by atoms with Gasteiger partial charge in [0.05, 0.1) is 11.8 Å². The second-order valence-electron chi connectivity index (χ2n) is 8.69. The standard InChI is InChI=1S/C20H27NO4S/c1-3-20-9-8-19(2)12-15(22)11-18(19)17(20)6-4-13-10-14(5-7-16(13)20)21-26(23,24)25/h3,5,7,10,15,17-18,21-22H,1,4,6,8-9,11-12H2,2H3,(H,23,24,25)/t15-,17+,18+,19-,20-/m1/s1. The minimum atomic E-state index is -4.27. The molecule has 1 aromatic carbocycles. The Morgan fingerprint density at radius 2 is 2.08 bits per heavy atom. The minimum Gasteiger partial charge on any atom is -0.393 e. The molecule has 1 aromatic rings. The summed E-state index contributed by atoms with van der Waals surface area (Å²) < 4.78 is 33.4. The van der Waals surface area contributed by atoms with Crippen molar-refractivity contribution in [1.29, 1.82) is 0 Å². The molecule has 0 unspecified atom stereocenters. The predicted molar refractivity (Wildman–Crippen MR) is 101 cm³/mol. The lowest BCUT2D eigenvalue weighted by Gasteiger charge is -2.55. The van der Waals surface area contributed by atoms with Crippen molar-refractivity contribution in [3.8, 4) is 0 Å². The van der Waals surface area contributed by atoms with Crippen molar-refractivity contribution in [2.24, 2.45) is 17.3 Å². The van der Waals surface area contributed by atoms with Crippen LogP contribution in [0.4, 0.5) is 5.69 Å². The Balaban J connectivity index is 1.75. The van der Waals surface area contributed by atoms with Crippen LogP contribution in [0.5, 0.6) is 0 Å². The predicted octanol–water partition coefficient (Wildman–Crippen LogP) is 3.46. The van der Waals surface area contributed by atoms with Gasteiger partial charge in [-0.2, -0.15) is 8.42 Å². The van der Waals surface area contributed by atoms with Crippen molar-refractivity contribution >= 4 is 16.0 Å². The van der Waals surface area contributed by atoms with Gasteiger partial charge in [-0.15, -0.1) is 6.58 Å². The molecule has 6 heteroatoms. The van der Waals surface area contributed by atoms with Gasteiger partial charge >= 0.3 is 10.3 Å². The van der Waals surface area contributed by atoms with Gasteiger partial charge in [0.25, 0.3) is 0 Å². The zero-order valence-corrected chi connectivity index (χ0v) is 15.9. The summed E-state index contributed by atoms with van der Waals surface area (Å²) in [5.41, 5.74) is 2.84. The van der Waals surface area contributed by atoms with Crippen molar-refractivity contribution in [1.82, 2.24) is 0 Å². The Morgan fingerprint density at radius 1 is 1.31 bits per heavy atom. The third-order valence-corrected chi connectivity index (χ3v) is 7.82. The van der Waals surface area contributed by atoms with Crippen LogP contribution in [0.15, 0.2) is 30.9 Å². The summed E-state index contributed by atoms with van der Waals surface area (Å²) in [5, 5.41) is 10.3. The number of nitrogens with one attached hydrogen (secondary N) is 1. The summed E-state index contributed by atoms with van der Waals surface area (Å²) in [5.74, 6) is 0.955. The van der Waals surface area contributed by atoms with Crippen LogP contribution in [0.3, 0.4) is 0 Å². The first-order chi connectivity index (χ1) is 12.2. The molecule has 142 valence electrons. The van der Waals surface area contributed by atoms with Gasteiger partial charge in [-0.05, 0) is 79.0 Å². The summed E-state index contributed by atoms with van der Waals surface area (Å²) >= 11 is 0. The molecule has 2 saturated carbocycles. The van der Waals surface area contributed by atoms with Crippen LogP contribution in [0, 0.1) is 17.3 Å². The van der Waals surface area contributed by atoms with Gasteiger partial charge in [-0.25, -0.2) is 0 Å². The lowest BCUT2D eigenvalue weighted by atomic mass is 9.49. The molecule has 5 nitrogen and oxygen atoms in total. The van der Waals surface area contributed by atoms with Crippen molar-refractivity contribution in [3.05, 3.63) is 42.0 Å². The van der Waals surface area contributed by atoms with E-state index in [1.807, 2.05) is 12.1 Å². The van der Waals surface area contributed by atoms with Crippen LogP contribution in [-0.4, -0.2) is 24.2 Å². The van der Waals surface area contributed by atoms with E-state index in [0.29, 0.717) is 17.5 Å². The molecule has 5 atom stereocenters. The van der Waals surface area contributed by atoms with Gasteiger partial charge in [0.1, 0.15) is 0 Å². The second kappa shape index (κ2) is 5.81. The molecule has 0 heterocycles. The number of allylic oxidation sites excluding steroid dienone is 1.